The second kappa shape index (κ2) is 8.11. The maximum atomic E-state index is 13.1. The van der Waals surface area contributed by atoms with E-state index in [9.17, 15) is 19.2 Å². The average Bonchev–Trinajstić information content (AvgIpc) is 3.07. The zero-order valence-corrected chi connectivity index (χ0v) is 18.2. The van der Waals surface area contributed by atoms with Gasteiger partial charge in [0.2, 0.25) is 11.8 Å². The van der Waals surface area contributed by atoms with Gasteiger partial charge < -0.3 is 19.9 Å². The lowest BCUT2D eigenvalue weighted by Crippen LogP contribution is -2.61. The minimum atomic E-state index is -0.869. The second-order valence-corrected chi connectivity index (χ2v) is 9.24. The SMILES string of the molecule is COc1ccc(N2C(=O)N[C@@H](CC(=O)N3CC4CC(C3)C3CCCC(=O)N3C4)C2=O)cc1. The highest BCUT2D eigenvalue weighted by Crippen LogP contribution is 2.38. The molecule has 0 spiro atoms. The van der Waals surface area contributed by atoms with Crippen molar-refractivity contribution in [3.05, 3.63) is 24.3 Å². The zero-order valence-electron chi connectivity index (χ0n) is 18.2. The molecule has 4 heterocycles. The van der Waals surface area contributed by atoms with E-state index in [0.29, 0.717) is 43.4 Å². The number of carbonyl (C=O) groups is 4. The van der Waals surface area contributed by atoms with Crippen LogP contribution in [0.2, 0.25) is 0 Å². The molecule has 5 rings (SSSR count). The number of rotatable bonds is 4. The summed E-state index contributed by atoms with van der Waals surface area (Å²) in [6, 6.07) is 5.48. The fourth-order valence-corrected chi connectivity index (χ4v) is 5.76. The zero-order chi connectivity index (χ0) is 22.4. The lowest BCUT2D eigenvalue weighted by atomic mass is 9.76. The van der Waals surface area contributed by atoms with Crippen molar-refractivity contribution in [2.45, 2.75) is 44.2 Å². The fraction of sp³-hybridized carbons (Fsp3) is 0.565. The van der Waals surface area contributed by atoms with Crippen molar-refractivity contribution in [2.24, 2.45) is 11.8 Å². The van der Waals surface area contributed by atoms with E-state index >= 15 is 0 Å². The molecule has 0 radical (unpaired) electrons. The van der Waals surface area contributed by atoms with Crippen molar-refractivity contribution in [2.75, 3.05) is 31.6 Å². The summed E-state index contributed by atoms with van der Waals surface area (Å²) < 4.78 is 5.12. The molecule has 1 aromatic carbocycles. The molecule has 4 atom stereocenters. The van der Waals surface area contributed by atoms with Gasteiger partial charge in [0.05, 0.1) is 19.2 Å². The molecule has 4 fully saturated rings. The molecule has 9 nitrogen and oxygen atoms in total. The van der Waals surface area contributed by atoms with Crippen LogP contribution in [0.3, 0.4) is 0 Å². The molecule has 5 amide bonds. The molecule has 1 aromatic rings. The van der Waals surface area contributed by atoms with Gasteiger partial charge in [0.15, 0.2) is 0 Å². The highest BCUT2D eigenvalue weighted by atomic mass is 16.5. The summed E-state index contributed by atoms with van der Waals surface area (Å²) in [6.45, 7) is 1.93. The predicted octanol–water partition coefficient (Wildman–Crippen LogP) is 1.37. The molecule has 32 heavy (non-hydrogen) atoms. The van der Waals surface area contributed by atoms with Crippen LogP contribution in [0.1, 0.15) is 32.1 Å². The molecule has 3 unspecified atom stereocenters. The second-order valence-electron chi connectivity index (χ2n) is 9.24. The highest BCUT2D eigenvalue weighted by molar-refractivity contribution is 6.22. The number of fused-ring (bicyclic) bond motifs is 4. The number of benzene rings is 1. The van der Waals surface area contributed by atoms with E-state index in [1.165, 1.54) is 0 Å². The predicted molar refractivity (Wildman–Crippen MR) is 115 cm³/mol. The molecule has 0 aromatic heterocycles. The Kier molecular flexibility index (Phi) is 5.27. The first-order valence-electron chi connectivity index (χ1n) is 11.3. The number of piperidine rings is 3. The molecule has 9 heteroatoms. The summed E-state index contributed by atoms with van der Waals surface area (Å²) in [5.74, 6) is 0.899. The third-order valence-corrected chi connectivity index (χ3v) is 7.26. The number of likely N-dealkylation sites (tertiary alicyclic amines) is 1. The lowest BCUT2D eigenvalue weighted by Gasteiger charge is -2.52. The molecule has 1 N–H and O–H groups in total. The summed E-state index contributed by atoms with van der Waals surface area (Å²) in [7, 11) is 1.54. The summed E-state index contributed by atoms with van der Waals surface area (Å²) in [6.07, 6.45) is 3.54. The highest BCUT2D eigenvalue weighted by Gasteiger charge is 2.46. The van der Waals surface area contributed by atoms with Crippen LogP contribution in [0.15, 0.2) is 24.3 Å². The third-order valence-electron chi connectivity index (χ3n) is 7.26. The van der Waals surface area contributed by atoms with Crippen molar-refractivity contribution in [1.29, 1.82) is 0 Å². The quantitative estimate of drug-likeness (QED) is 0.713. The number of anilines is 1. The molecule has 4 aliphatic heterocycles. The maximum Gasteiger partial charge on any atom is 0.329 e. The number of amides is 5. The first-order valence-corrected chi connectivity index (χ1v) is 11.3. The number of hydrogen-bond donors (Lipinski definition) is 1. The first kappa shape index (κ1) is 20.8. The van der Waals surface area contributed by atoms with E-state index in [-0.39, 0.29) is 30.2 Å². The number of nitrogens with one attached hydrogen (secondary N) is 1. The smallest absolute Gasteiger partial charge is 0.329 e. The average molecular weight is 441 g/mol. The number of methoxy groups -OCH3 is 1. The van der Waals surface area contributed by atoms with E-state index in [1.807, 2.05) is 9.80 Å². The number of hydrogen-bond acceptors (Lipinski definition) is 5. The number of urea groups is 1. The van der Waals surface area contributed by atoms with Gasteiger partial charge in [-0.3, -0.25) is 14.4 Å². The Balaban J connectivity index is 1.24. The van der Waals surface area contributed by atoms with Gasteiger partial charge in [-0.25, -0.2) is 9.69 Å². The van der Waals surface area contributed by atoms with Crippen LogP contribution in [0, 0.1) is 11.8 Å². The standard InChI is InChI=1S/C23H28N4O5/c1-32-17-7-5-16(6-8-17)27-22(30)18(24-23(27)31)10-21(29)25-11-14-9-15(13-25)19-3-2-4-20(28)26(19)12-14/h5-8,14-15,18-19H,2-4,9-13H2,1H3,(H,24,31)/t14?,15?,18-,19?/m0/s1. The molecule has 4 saturated heterocycles. The molecule has 0 aliphatic carbocycles. The Morgan fingerprint density at radius 3 is 2.66 bits per heavy atom. The largest absolute Gasteiger partial charge is 0.497 e. The van der Waals surface area contributed by atoms with Crippen LogP contribution in [-0.4, -0.2) is 72.4 Å². The topological polar surface area (TPSA) is 99.3 Å². The fourth-order valence-electron chi connectivity index (χ4n) is 5.76. The monoisotopic (exact) mass is 440 g/mol. The van der Waals surface area contributed by atoms with Crippen LogP contribution in [0.4, 0.5) is 10.5 Å². The minimum absolute atomic E-state index is 0.0516. The van der Waals surface area contributed by atoms with Gasteiger partial charge in [0.1, 0.15) is 11.8 Å². The maximum absolute atomic E-state index is 13.1. The molecular formula is C23H28N4O5. The van der Waals surface area contributed by atoms with Crippen LogP contribution >= 0.6 is 0 Å². The molecule has 0 saturated carbocycles. The first-order chi connectivity index (χ1) is 15.4. The Hall–Kier alpha value is -3.10. The number of carbonyl (C=O) groups excluding carboxylic acids is 4. The minimum Gasteiger partial charge on any atom is -0.497 e. The van der Waals surface area contributed by atoms with Gasteiger partial charge in [-0.2, -0.15) is 0 Å². The van der Waals surface area contributed by atoms with Crippen LogP contribution in [0.25, 0.3) is 0 Å². The third kappa shape index (κ3) is 3.59. The van der Waals surface area contributed by atoms with Gasteiger partial charge in [-0.15, -0.1) is 0 Å². The van der Waals surface area contributed by atoms with Gasteiger partial charge in [0.25, 0.3) is 5.91 Å². The Morgan fingerprint density at radius 1 is 1.12 bits per heavy atom. The molecule has 2 bridgehead atoms. The van der Waals surface area contributed by atoms with E-state index in [2.05, 4.69) is 5.32 Å². The normalized spacial score (nSPS) is 29.7. The van der Waals surface area contributed by atoms with Crippen LogP contribution in [-0.2, 0) is 14.4 Å². The Bertz CT molecular complexity index is 948. The Morgan fingerprint density at radius 2 is 1.91 bits per heavy atom. The van der Waals surface area contributed by atoms with Crippen molar-refractivity contribution >= 4 is 29.4 Å². The summed E-state index contributed by atoms with van der Waals surface area (Å²) in [5.41, 5.74) is 0.442. The van der Waals surface area contributed by atoms with E-state index < -0.39 is 18.0 Å². The molecule has 4 aliphatic rings. The lowest BCUT2D eigenvalue weighted by molar-refractivity contribution is -0.149. The Labute approximate surface area is 186 Å². The summed E-state index contributed by atoms with van der Waals surface area (Å²) in [5, 5.41) is 2.66. The van der Waals surface area contributed by atoms with Gasteiger partial charge in [-0.1, -0.05) is 0 Å². The van der Waals surface area contributed by atoms with E-state index in [1.54, 1.807) is 31.4 Å². The number of ether oxygens (including phenoxy) is 1. The van der Waals surface area contributed by atoms with Gasteiger partial charge in [-0.05, 0) is 55.4 Å². The summed E-state index contributed by atoms with van der Waals surface area (Å²) >= 11 is 0. The number of nitrogens with zero attached hydrogens (tertiary/aromatic N) is 3. The van der Waals surface area contributed by atoms with Gasteiger partial charge >= 0.3 is 6.03 Å². The van der Waals surface area contributed by atoms with E-state index in [0.717, 1.165) is 24.2 Å². The summed E-state index contributed by atoms with van der Waals surface area (Å²) in [4.78, 5) is 55.7. The van der Waals surface area contributed by atoms with Gasteiger partial charge in [0, 0.05) is 32.1 Å². The number of imide groups is 1. The van der Waals surface area contributed by atoms with Crippen LogP contribution < -0.4 is 15.0 Å². The van der Waals surface area contributed by atoms with Crippen molar-refractivity contribution in [3.8, 4) is 5.75 Å². The van der Waals surface area contributed by atoms with Crippen molar-refractivity contribution in [1.82, 2.24) is 15.1 Å². The molecular weight excluding hydrogens is 412 g/mol. The van der Waals surface area contributed by atoms with Crippen molar-refractivity contribution < 1.29 is 23.9 Å². The van der Waals surface area contributed by atoms with Crippen molar-refractivity contribution in [3.63, 3.8) is 0 Å². The van der Waals surface area contributed by atoms with E-state index in [4.69, 9.17) is 4.74 Å². The molecule has 170 valence electrons. The van der Waals surface area contributed by atoms with Crippen LogP contribution in [0.5, 0.6) is 5.75 Å².